The minimum Gasteiger partial charge on any atom is -0.355 e. The predicted molar refractivity (Wildman–Crippen MR) is 102 cm³/mol. The van der Waals surface area contributed by atoms with E-state index in [1.807, 2.05) is 18.3 Å². The third kappa shape index (κ3) is 3.31. The molecule has 1 aromatic carbocycles. The number of aromatic amines is 1. The Kier molecular flexibility index (Phi) is 4.08. The number of halogens is 2. The lowest BCUT2D eigenvalue weighted by Gasteiger charge is -2.37. The molecular formula is C18H19Cl2N5. The number of benzene rings is 1. The fraction of sp³-hybridized carbons (Fsp3) is 0.389. The smallest absolute Gasteiger partial charge is 0.202 e. The summed E-state index contributed by atoms with van der Waals surface area (Å²) in [5.74, 6) is 0.880. The molecule has 1 saturated heterocycles. The van der Waals surface area contributed by atoms with Crippen LogP contribution < -0.4 is 4.90 Å². The standard InChI is InChI=1S/C18H19Cl2N5/c1-18(2)3-5-25(6-4-18)14-10-21-16-15(23-24-17(16)22-14)11-7-12(19)9-13(20)8-11/h7-10H,3-6H2,1-2H3,(H,22,23,24). The molecule has 4 rings (SSSR count). The molecule has 5 nitrogen and oxygen atoms in total. The van der Waals surface area contributed by atoms with Crippen molar-refractivity contribution in [2.75, 3.05) is 18.0 Å². The van der Waals surface area contributed by atoms with Crippen molar-refractivity contribution in [3.63, 3.8) is 0 Å². The van der Waals surface area contributed by atoms with Crippen molar-refractivity contribution in [2.45, 2.75) is 26.7 Å². The van der Waals surface area contributed by atoms with Crippen molar-refractivity contribution in [2.24, 2.45) is 5.41 Å². The number of anilines is 1. The van der Waals surface area contributed by atoms with Crippen molar-refractivity contribution in [3.05, 3.63) is 34.4 Å². The zero-order chi connectivity index (χ0) is 17.6. The van der Waals surface area contributed by atoms with E-state index in [4.69, 9.17) is 28.2 Å². The second kappa shape index (κ2) is 6.15. The van der Waals surface area contributed by atoms with Crippen molar-refractivity contribution < 1.29 is 0 Å². The van der Waals surface area contributed by atoms with E-state index in [0.717, 1.165) is 48.5 Å². The van der Waals surface area contributed by atoms with Crippen LogP contribution in [0.4, 0.5) is 5.82 Å². The fourth-order valence-corrected chi connectivity index (χ4v) is 3.71. The molecule has 1 N–H and O–H groups in total. The molecule has 3 aromatic rings. The Balaban J connectivity index is 1.67. The number of fused-ring (bicyclic) bond motifs is 1. The molecule has 0 unspecified atom stereocenters. The van der Waals surface area contributed by atoms with Crippen LogP contribution in [0.1, 0.15) is 26.7 Å². The van der Waals surface area contributed by atoms with Crippen LogP contribution in [0.25, 0.3) is 22.4 Å². The van der Waals surface area contributed by atoms with E-state index >= 15 is 0 Å². The van der Waals surface area contributed by atoms with Gasteiger partial charge < -0.3 is 4.90 Å². The first-order valence-electron chi connectivity index (χ1n) is 8.34. The summed E-state index contributed by atoms with van der Waals surface area (Å²) in [6.07, 6.45) is 4.13. The molecule has 0 saturated carbocycles. The molecule has 1 aliphatic heterocycles. The highest BCUT2D eigenvalue weighted by Gasteiger charge is 2.26. The lowest BCUT2D eigenvalue weighted by Crippen LogP contribution is -2.37. The number of H-pyrrole nitrogens is 1. The van der Waals surface area contributed by atoms with E-state index in [1.54, 1.807) is 6.07 Å². The van der Waals surface area contributed by atoms with Crippen molar-refractivity contribution in [1.82, 2.24) is 20.2 Å². The lowest BCUT2D eigenvalue weighted by molar-refractivity contribution is 0.279. The van der Waals surface area contributed by atoms with Gasteiger partial charge in [0, 0.05) is 28.7 Å². The average Bonchev–Trinajstić information content (AvgIpc) is 2.97. The van der Waals surface area contributed by atoms with Gasteiger partial charge in [-0.25, -0.2) is 9.97 Å². The van der Waals surface area contributed by atoms with Gasteiger partial charge in [0.15, 0.2) is 0 Å². The van der Waals surface area contributed by atoms with Crippen LogP contribution in [-0.4, -0.2) is 33.3 Å². The fourth-order valence-electron chi connectivity index (χ4n) is 3.18. The summed E-state index contributed by atoms with van der Waals surface area (Å²) < 4.78 is 0. The molecule has 25 heavy (non-hydrogen) atoms. The molecule has 0 atom stereocenters. The SMILES string of the molecule is CC1(C)CCN(c2cnc3c(-c4cc(Cl)cc(Cl)c4)[nH]nc3n2)CC1. The Labute approximate surface area is 156 Å². The highest BCUT2D eigenvalue weighted by Crippen LogP contribution is 2.33. The van der Waals surface area contributed by atoms with Crippen LogP contribution in [0.3, 0.4) is 0 Å². The number of nitrogens with one attached hydrogen (secondary N) is 1. The van der Waals surface area contributed by atoms with Crippen LogP contribution in [0.2, 0.25) is 10.0 Å². The van der Waals surface area contributed by atoms with Gasteiger partial charge in [-0.2, -0.15) is 5.10 Å². The van der Waals surface area contributed by atoms with E-state index < -0.39 is 0 Å². The molecule has 3 heterocycles. The van der Waals surface area contributed by atoms with Crippen LogP contribution in [0.15, 0.2) is 24.4 Å². The zero-order valence-corrected chi connectivity index (χ0v) is 15.7. The molecule has 2 aromatic heterocycles. The monoisotopic (exact) mass is 375 g/mol. The summed E-state index contributed by atoms with van der Waals surface area (Å²) in [6.45, 7) is 6.62. The van der Waals surface area contributed by atoms with Gasteiger partial charge in [0.05, 0.1) is 11.9 Å². The Bertz CT molecular complexity index is 904. The number of aromatic nitrogens is 4. The first-order valence-corrected chi connectivity index (χ1v) is 9.09. The van der Waals surface area contributed by atoms with Crippen molar-refractivity contribution in [1.29, 1.82) is 0 Å². The third-order valence-corrected chi connectivity index (χ3v) is 5.28. The van der Waals surface area contributed by atoms with Gasteiger partial charge in [-0.15, -0.1) is 0 Å². The highest BCUT2D eigenvalue weighted by atomic mass is 35.5. The molecular weight excluding hydrogens is 357 g/mol. The van der Waals surface area contributed by atoms with Gasteiger partial charge in [0.2, 0.25) is 5.65 Å². The number of hydrogen-bond donors (Lipinski definition) is 1. The van der Waals surface area contributed by atoms with Gasteiger partial charge in [-0.3, -0.25) is 5.10 Å². The lowest BCUT2D eigenvalue weighted by atomic mass is 9.83. The molecule has 0 bridgehead atoms. The molecule has 1 fully saturated rings. The van der Waals surface area contributed by atoms with Crippen molar-refractivity contribution in [3.8, 4) is 11.3 Å². The summed E-state index contributed by atoms with van der Waals surface area (Å²) in [7, 11) is 0. The minimum atomic E-state index is 0.402. The van der Waals surface area contributed by atoms with Crippen LogP contribution in [-0.2, 0) is 0 Å². The number of piperidine rings is 1. The normalized spacial score (nSPS) is 17.2. The third-order valence-electron chi connectivity index (χ3n) is 4.84. The second-order valence-corrected chi connectivity index (χ2v) is 8.18. The van der Waals surface area contributed by atoms with E-state index in [2.05, 4.69) is 33.9 Å². The zero-order valence-electron chi connectivity index (χ0n) is 14.2. The summed E-state index contributed by atoms with van der Waals surface area (Å²) in [5.41, 5.74) is 3.35. The summed E-state index contributed by atoms with van der Waals surface area (Å²) in [5, 5.41) is 8.49. The Morgan fingerprint density at radius 3 is 2.44 bits per heavy atom. The van der Waals surface area contributed by atoms with Gasteiger partial charge >= 0.3 is 0 Å². The first-order chi connectivity index (χ1) is 11.9. The van der Waals surface area contributed by atoms with Crippen LogP contribution >= 0.6 is 23.2 Å². The first kappa shape index (κ1) is 16.6. The molecule has 0 spiro atoms. The van der Waals surface area contributed by atoms with Gasteiger partial charge in [-0.05, 0) is 36.5 Å². The number of hydrogen-bond acceptors (Lipinski definition) is 4. The molecule has 1 aliphatic rings. The summed E-state index contributed by atoms with van der Waals surface area (Å²) >= 11 is 12.2. The highest BCUT2D eigenvalue weighted by molar-refractivity contribution is 6.35. The summed E-state index contributed by atoms with van der Waals surface area (Å²) in [6, 6.07) is 5.37. The van der Waals surface area contributed by atoms with E-state index in [-0.39, 0.29) is 0 Å². The molecule has 0 amide bonds. The maximum atomic E-state index is 6.11. The summed E-state index contributed by atoms with van der Waals surface area (Å²) in [4.78, 5) is 11.6. The van der Waals surface area contributed by atoms with Gasteiger partial charge in [0.25, 0.3) is 0 Å². The minimum absolute atomic E-state index is 0.402. The Morgan fingerprint density at radius 2 is 1.76 bits per heavy atom. The Morgan fingerprint density at radius 1 is 1.08 bits per heavy atom. The maximum absolute atomic E-state index is 6.11. The van der Waals surface area contributed by atoms with E-state index in [1.165, 1.54) is 0 Å². The average molecular weight is 376 g/mol. The topological polar surface area (TPSA) is 57.7 Å². The number of nitrogens with zero attached hydrogens (tertiary/aromatic N) is 4. The van der Waals surface area contributed by atoms with Crippen LogP contribution in [0, 0.1) is 5.41 Å². The molecule has 7 heteroatoms. The molecule has 130 valence electrons. The van der Waals surface area contributed by atoms with E-state index in [9.17, 15) is 0 Å². The largest absolute Gasteiger partial charge is 0.355 e. The molecule has 0 aliphatic carbocycles. The van der Waals surface area contributed by atoms with Gasteiger partial charge in [-0.1, -0.05) is 37.0 Å². The molecule has 0 radical (unpaired) electrons. The van der Waals surface area contributed by atoms with Crippen LogP contribution in [0.5, 0.6) is 0 Å². The maximum Gasteiger partial charge on any atom is 0.202 e. The second-order valence-electron chi connectivity index (χ2n) is 7.31. The number of rotatable bonds is 2. The van der Waals surface area contributed by atoms with E-state index in [0.29, 0.717) is 21.1 Å². The van der Waals surface area contributed by atoms with Crippen molar-refractivity contribution >= 4 is 40.2 Å². The quantitative estimate of drug-likeness (QED) is 0.687. The Hall–Kier alpha value is -1.85. The van der Waals surface area contributed by atoms with Gasteiger partial charge in [0.1, 0.15) is 11.3 Å². The predicted octanol–water partition coefficient (Wildman–Crippen LogP) is 4.95.